The topological polar surface area (TPSA) is 32.3 Å². The minimum atomic E-state index is 0.301. The highest BCUT2D eigenvalue weighted by Gasteiger charge is 2.36. The van der Waals surface area contributed by atoms with Gasteiger partial charge in [-0.1, -0.05) is 13.3 Å². The van der Waals surface area contributed by atoms with E-state index < -0.39 is 0 Å². The molecule has 0 aromatic rings. The average molecular weight is 210 g/mol. The minimum absolute atomic E-state index is 0.301. The lowest BCUT2D eigenvalue weighted by atomic mass is 10.2. The number of hydrogen-bond acceptors (Lipinski definition) is 2. The SMILES string of the molecule is CCCC1CC1NCC(=O)N1CCCC1. The summed E-state index contributed by atoms with van der Waals surface area (Å²) in [6.07, 6.45) is 6.24. The van der Waals surface area contributed by atoms with E-state index in [9.17, 15) is 4.79 Å². The van der Waals surface area contributed by atoms with E-state index in [0.717, 1.165) is 19.0 Å². The standard InChI is InChI=1S/C12H22N2O/c1-2-5-10-8-11(10)13-9-12(15)14-6-3-4-7-14/h10-11,13H,2-9H2,1H3. The van der Waals surface area contributed by atoms with E-state index in [0.29, 0.717) is 18.5 Å². The zero-order valence-corrected chi connectivity index (χ0v) is 9.67. The number of carbonyl (C=O) groups is 1. The molecule has 2 unspecified atom stereocenters. The van der Waals surface area contributed by atoms with Crippen LogP contribution < -0.4 is 5.32 Å². The van der Waals surface area contributed by atoms with Crippen LogP contribution in [-0.2, 0) is 4.79 Å². The lowest BCUT2D eigenvalue weighted by Gasteiger charge is -2.15. The Bertz CT molecular complexity index is 224. The predicted molar refractivity (Wildman–Crippen MR) is 60.6 cm³/mol. The highest BCUT2D eigenvalue weighted by atomic mass is 16.2. The van der Waals surface area contributed by atoms with Crippen molar-refractivity contribution >= 4 is 5.91 Å². The van der Waals surface area contributed by atoms with Gasteiger partial charge >= 0.3 is 0 Å². The lowest BCUT2D eigenvalue weighted by Crippen LogP contribution is -2.37. The van der Waals surface area contributed by atoms with Crippen LogP contribution in [0.1, 0.15) is 39.0 Å². The molecule has 0 bridgehead atoms. The van der Waals surface area contributed by atoms with Crippen LogP contribution in [0.3, 0.4) is 0 Å². The second-order valence-corrected chi connectivity index (χ2v) is 4.86. The van der Waals surface area contributed by atoms with Gasteiger partial charge in [0.25, 0.3) is 0 Å². The molecule has 0 aromatic carbocycles. The molecule has 3 nitrogen and oxygen atoms in total. The fraction of sp³-hybridized carbons (Fsp3) is 0.917. The Hall–Kier alpha value is -0.570. The molecule has 2 atom stereocenters. The first-order chi connectivity index (χ1) is 7.31. The number of amides is 1. The molecule has 1 aliphatic carbocycles. The number of likely N-dealkylation sites (tertiary alicyclic amines) is 1. The van der Waals surface area contributed by atoms with Gasteiger partial charge in [0, 0.05) is 19.1 Å². The molecule has 0 spiro atoms. The first kappa shape index (κ1) is 10.9. The summed E-state index contributed by atoms with van der Waals surface area (Å²) in [7, 11) is 0. The van der Waals surface area contributed by atoms with Crippen molar-refractivity contribution in [2.75, 3.05) is 19.6 Å². The predicted octanol–water partition coefficient (Wildman–Crippen LogP) is 1.39. The van der Waals surface area contributed by atoms with Crippen LogP contribution in [0.5, 0.6) is 0 Å². The third-order valence-electron chi connectivity index (χ3n) is 3.56. The summed E-state index contributed by atoms with van der Waals surface area (Å²) in [5.74, 6) is 1.15. The summed E-state index contributed by atoms with van der Waals surface area (Å²) in [6.45, 7) is 4.74. The van der Waals surface area contributed by atoms with Gasteiger partial charge in [0.15, 0.2) is 0 Å². The van der Waals surface area contributed by atoms with Gasteiger partial charge in [-0.3, -0.25) is 4.79 Å². The monoisotopic (exact) mass is 210 g/mol. The Balaban J connectivity index is 1.60. The lowest BCUT2D eigenvalue weighted by molar-refractivity contribution is -0.129. The van der Waals surface area contributed by atoms with E-state index in [1.807, 2.05) is 4.90 Å². The van der Waals surface area contributed by atoms with E-state index in [1.54, 1.807) is 0 Å². The van der Waals surface area contributed by atoms with Crippen molar-refractivity contribution < 1.29 is 4.79 Å². The summed E-state index contributed by atoms with van der Waals surface area (Å²) < 4.78 is 0. The van der Waals surface area contributed by atoms with Gasteiger partial charge in [-0.2, -0.15) is 0 Å². The molecule has 86 valence electrons. The largest absolute Gasteiger partial charge is 0.342 e. The molecule has 0 aromatic heterocycles. The normalized spacial score (nSPS) is 29.5. The summed E-state index contributed by atoms with van der Waals surface area (Å²) in [4.78, 5) is 13.7. The van der Waals surface area contributed by atoms with E-state index >= 15 is 0 Å². The molecule has 1 heterocycles. The van der Waals surface area contributed by atoms with Crippen LogP contribution in [0.2, 0.25) is 0 Å². The van der Waals surface area contributed by atoms with Gasteiger partial charge in [-0.25, -0.2) is 0 Å². The van der Waals surface area contributed by atoms with Crippen molar-refractivity contribution in [1.29, 1.82) is 0 Å². The summed E-state index contributed by atoms with van der Waals surface area (Å²) >= 11 is 0. The number of rotatable bonds is 5. The van der Waals surface area contributed by atoms with Gasteiger partial charge in [-0.05, 0) is 31.6 Å². The number of hydrogen-bond donors (Lipinski definition) is 1. The third kappa shape index (κ3) is 2.94. The second-order valence-electron chi connectivity index (χ2n) is 4.86. The van der Waals surface area contributed by atoms with Crippen molar-refractivity contribution in [2.45, 2.75) is 45.1 Å². The van der Waals surface area contributed by atoms with E-state index in [-0.39, 0.29) is 0 Å². The molecule has 2 fully saturated rings. The van der Waals surface area contributed by atoms with Crippen molar-refractivity contribution in [2.24, 2.45) is 5.92 Å². The van der Waals surface area contributed by atoms with Crippen LogP contribution in [-0.4, -0.2) is 36.5 Å². The smallest absolute Gasteiger partial charge is 0.236 e. The van der Waals surface area contributed by atoms with Gasteiger partial charge in [0.05, 0.1) is 6.54 Å². The maximum atomic E-state index is 11.7. The average Bonchev–Trinajstić information content (AvgIpc) is 2.78. The first-order valence-corrected chi connectivity index (χ1v) is 6.32. The van der Waals surface area contributed by atoms with E-state index in [2.05, 4.69) is 12.2 Å². The summed E-state index contributed by atoms with van der Waals surface area (Å²) in [6, 6.07) is 0.636. The van der Waals surface area contributed by atoms with Gasteiger partial charge in [-0.15, -0.1) is 0 Å². The zero-order valence-electron chi connectivity index (χ0n) is 9.67. The maximum absolute atomic E-state index is 11.7. The molecular weight excluding hydrogens is 188 g/mol. The van der Waals surface area contributed by atoms with Gasteiger partial charge < -0.3 is 10.2 Å². The summed E-state index contributed by atoms with van der Waals surface area (Å²) in [5.41, 5.74) is 0. The quantitative estimate of drug-likeness (QED) is 0.743. The van der Waals surface area contributed by atoms with Crippen LogP contribution >= 0.6 is 0 Å². The molecule has 1 saturated carbocycles. The molecule has 2 aliphatic rings. The molecule has 1 saturated heterocycles. The first-order valence-electron chi connectivity index (χ1n) is 6.32. The minimum Gasteiger partial charge on any atom is -0.342 e. The molecule has 2 rings (SSSR count). The fourth-order valence-corrected chi connectivity index (χ4v) is 2.48. The zero-order chi connectivity index (χ0) is 10.7. The third-order valence-corrected chi connectivity index (χ3v) is 3.56. The molecule has 1 N–H and O–H groups in total. The number of nitrogens with one attached hydrogen (secondary N) is 1. The van der Waals surface area contributed by atoms with E-state index in [4.69, 9.17) is 0 Å². The summed E-state index contributed by atoms with van der Waals surface area (Å²) in [5, 5.41) is 3.38. The van der Waals surface area contributed by atoms with Crippen LogP contribution in [0.4, 0.5) is 0 Å². The van der Waals surface area contributed by atoms with Crippen LogP contribution in [0, 0.1) is 5.92 Å². The van der Waals surface area contributed by atoms with Crippen LogP contribution in [0.25, 0.3) is 0 Å². The number of nitrogens with zero attached hydrogens (tertiary/aromatic N) is 1. The molecular formula is C12H22N2O. The van der Waals surface area contributed by atoms with Crippen LogP contribution in [0.15, 0.2) is 0 Å². The van der Waals surface area contributed by atoms with E-state index in [1.165, 1.54) is 32.1 Å². The second kappa shape index (κ2) is 4.97. The Morgan fingerprint density at radius 2 is 2.13 bits per heavy atom. The Labute approximate surface area is 92.2 Å². The van der Waals surface area contributed by atoms with Crippen molar-refractivity contribution in [3.8, 4) is 0 Å². The van der Waals surface area contributed by atoms with Crippen molar-refractivity contribution in [3.05, 3.63) is 0 Å². The Morgan fingerprint density at radius 3 is 2.80 bits per heavy atom. The Morgan fingerprint density at radius 1 is 1.40 bits per heavy atom. The molecule has 15 heavy (non-hydrogen) atoms. The molecule has 3 heteroatoms. The Kier molecular flexibility index (Phi) is 3.62. The van der Waals surface area contributed by atoms with Crippen molar-refractivity contribution in [3.63, 3.8) is 0 Å². The van der Waals surface area contributed by atoms with Gasteiger partial charge in [0.2, 0.25) is 5.91 Å². The highest BCUT2D eigenvalue weighted by molar-refractivity contribution is 5.78. The molecule has 1 aliphatic heterocycles. The molecule has 0 radical (unpaired) electrons. The van der Waals surface area contributed by atoms with Gasteiger partial charge in [0.1, 0.15) is 0 Å². The fourth-order valence-electron chi connectivity index (χ4n) is 2.48. The van der Waals surface area contributed by atoms with Crippen molar-refractivity contribution in [1.82, 2.24) is 10.2 Å². The highest BCUT2D eigenvalue weighted by Crippen LogP contribution is 2.34. The molecule has 1 amide bonds. The number of carbonyl (C=O) groups excluding carboxylic acids is 1. The maximum Gasteiger partial charge on any atom is 0.236 e.